The van der Waals surface area contributed by atoms with Crippen LogP contribution in [0.4, 0.5) is 11.5 Å². The van der Waals surface area contributed by atoms with Crippen molar-refractivity contribution in [2.75, 3.05) is 36.4 Å². The third kappa shape index (κ3) is 6.53. The van der Waals surface area contributed by atoms with E-state index in [1.54, 1.807) is 30.6 Å². The van der Waals surface area contributed by atoms with Crippen LogP contribution in [-0.4, -0.2) is 53.9 Å². The average molecular weight is 513 g/mol. The van der Waals surface area contributed by atoms with Crippen LogP contribution in [0.5, 0.6) is 0 Å². The number of carbonyl (C=O) groups excluding carboxylic acids is 3. The van der Waals surface area contributed by atoms with Crippen LogP contribution in [0.25, 0.3) is 11.3 Å². The fourth-order valence-electron chi connectivity index (χ4n) is 4.59. The Morgan fingerprint density at radius 2 is 1.61 bits per heavy atom. The number of piperidine rings is 1. The van der Waals surface area contributed by atoms with E-state index in [1.165, 1.54) is 0 Å². The lowest BCUT2D eigenvalue weighted by Crippen LogP contribution is -2.45. The molecule has 0 radical (unpaired) electrons. The summed E-state index contributed by atoms with van der Waals surface area (Å²) in [5.74, 6) is 0.602. The summed E-state index contributed by atoms with van der Waals surface area (Å²) in [4.78, 5) is 48.1. The van der Waals surface area contributed by atoms with E-state index in [1.807, 2.05) is 36.4 Å². The maximum atomic E-state index is 12.8. The Morgan fingerprint density at radius 3 is 2.37 bits per heavy atom. The monoisotopic (exact) mass is 512 g/mol. The molecule has 5 rings (SSSR count). The lowest BCUT2D eigenvalue weighted by molar-refractivity contribution is -0.125. The third-order valence-electron chi connectivity index (χ3n) is 6.91. The summed E-state index contributed by atoms with van der Waals surface area (Å²) in [6.07, 6.45) is 5.17. The largest absolute Gasteiger partial charge is 0.356 e. The number of rotatable bonds is 9. The van der Waals surface area contributed by atoms with Gasteiger partial charge in [-0.05, 0) is 49.9 Å². The Balaban J connectivity index is 1.06. The SMILES string of the molecule is O=C(NCCNC(=O)C1CCCN(c2cc(-c3ccccc3)ncn2)C1)c1ccc(NC(=O)C2CC2)cc1. The van der Waals surface area contributed by atoms with Gasteiger partial charge < -0.3 is 20.9 Å². The van der Waals surface area contributed by atoms with Gasteiger partial charge in [0, 0.05) is 55.0 Å². The second-order valence-electron chi connectivity index (χ2n) is 9.80. The number of hydrogen-bond donors (Lipinski definition) is 3. The normalized spacial score (nSPS) is 16.9. The topological polar surface area (TPSA) is 116 Å². The molecule has 2 aromatic carbocycles. The summed E-state index contributed by atoms with van der Waals surface area (Å²) in [6.45, 7) is 2.11. The van der Waals surface area contributed by atoms with Crippen LogP contribution in [0.1, 0.15) is 36.0 Å². The van der Waals surface area contributed by atoms with Gasteiger partial charge >= 0.3 is 0 Å². The van der Waals surface area contributed by atoms with Gasteiger partial charge in [-0.2, -0.15) is 0 Å². The molecule has 1 aromatic heterocycles. The Bertz CT molecular complexity index is 1280. The van der Waals surface area contributed by atoms with Crippen molar-refractivity contribution in [3.63, 3.8) is 0 Å². The minimum Gasteiger partial charge on any atom is -0.356 e. The first kappa shape index (κ1) is 25.4. The highest BCUT2D eigenvalue weighted by Gasteiger charge is 2.29. The van der Waals surface area contributed by atoms with Crippen LogP contribution in [0.15, 0.2) is 67.0 Å². The van der Waals surface area contributed by atoms with Crippen LogP contribution in [0, 0.1) is 11.8 Å². The number of anilines is 2. The van der Waals surface area contributed by atoms with Gasteiger partial charge in [0.25, 0.3) is 5.91 Å². The van der Waals surface area contributed by atoms with Gasteiger partial charge in [0.2, 0.25) is 11.8 Å². The average Bonchev–Trinajstić information content (AvgIpc) is 3.82. The van der Waals surface area contributed by atoms with Gasteiger partial charge in [0.1, 0.15) is 12.1 Å². The summed E-state index contributed by atoms with van der Waals surface area (Å²) >= 11 is 0. The molecule has 1 unspecified atom stereocenters. The number of amides is 3. The van der Waals surface area contributed by atoms with E-state index >= 15 is 0 Å². The van der Waals surface area contributed by atoms with Gasteiger partial charge in [-0.1, -0.05) is 30.3 Å². The molecular weight excluding hydrogens is 480 g/mol. The quantitative estimate of drug-likeness (QED) is 0.379. The Hall–Kier alpha value is -4.27. The molecule has 2 fully saturated rings. The molecular formula is C29H32N6O3. The van der Waals surface area contributed by atoms with Crippen LogP contribution in [0.3, 0.4) is 0 Å². The number of carbonyl (C=O) groups is 3. The predicted octanol–water partition coefficient (Wildman–Crippen LogP) is 3.25. The highest BCUT2D eigenvalue weighted by atomic mass is 16.2. The molecule has 196 valence electrons. The minimum absolute atomic E-state index is 0.0166. The minimum atomic E-state index is -0.221. The second-order valence-corrected chi connectivity index (χ2v) is 9.80. The molecule has 3 aromatic rings. The Kier molecular flexibility index (Phi) is 7.92. The molecule has 38 heavy (non-hydrogen) atoms. The molecule has 1 saturated heterocycles. The van der Waals surface area contributed by atoms with E-state index in [-0.39, 0.29) is 29.6 Å². The van der Waals surface area contributed by atoms with Crippen LogP contribution in [-0.2, 0) is 9.59 Å². The van der Waals surface area contributed by atoms with Gasteiger partial charge in [-0.25, -0.2) is 9.97 Å². The number of nitrogens with zero attached hydrogens (tertiary/aromatic N) is 3. The molecule has 9 nitrogen and oxygen atoms in total. The Morgan fingerprint density at radius 1 is 0.842 bits per heavy atom. The molecule has 9 heteroatoms. The van der Waals surface area contributed by atoms with Crippen LogP contribution < -0.4 is 20.9 Å². The molecule has 1 saturated carbocycles. The van der Waals surface area contributed by atoms with Crippen molar-refractivity contribution in [2.24, 2.45) is 11.8 Å². The number of hydrogen-bond acceptors (Lipinski definition) is 6. The fraction of sp³-hybridized carbons (Fsp3) is 0.345. The molecule has 2 aliphatic rings. The van der Waals surface area contributed by atoms with Crippen molar-refractivity contribution in [3.05, 3.63) is 72.6 Å². The van der Waals surface area contributed by atoms with Gasteiger partial charge in [-0.3, -0.25) is 14.4 Å². The molecule has 1 aliphatic heterocycles. The van der Waals surface area contributed by atoms with E-state index in [4.69, 9.17) is 0 Å². The molecule has 3 amide bonds. The number of nitrogens with one attached hydrogen (secondary N) is 3. The molecule has 1 aliphatic carbocycles. The van der Waals surface area contributed by atoms with E-state index in [0.29, 0.717) is 30.9 Å². The number of benzene rings is 2. The van der Waals surface area contributed by atoms with Crippen molar-refractivity contribution in [3.8, 4) is 11.3 Å². The first-order valence-corrected chi connectivity index (χ1v) is 13.2. The molecule has 2 heterocycles. The van der Waals surface area contributed by atoms with Crippen molar-refractivity contribution < 1.29 is 14.4 Å². The van der Waals surface area contributed by atoms with E-state index in [0.717, 1.165) is 49.3 Å². The summed E-state index contributed by atoms with van der Waals surface area (Å²) in [5, 5.41) is 8.65. The smallest absolute Gasteiger partial charge is 0.251 e. The highest BCUT2D eigenvalue weighted by molar-refractivity contribution is 5.96. The van der Waals surface area contributed by atoms with Gasteiger partial charge in [0.05, 0.1) is 11.6 Å². The van der Waals surface area contributed by atoms with Crippen LogP contribution >= 0.6 is 0 Å². The standard InChI is InChI=1S/C29H32N6O3/c36-27(21-10-12-24(13-11-21)34-29(38)22-8-9-22)30-14-15-31-28(37)23-7-4-16-35(18-23)26-17-25(32-19-33-26)20-5-2-1-3-6-20/h1-3,5-6,10-13,17,19,22-23H,4,7-9,14-16,18H2,(H,30,36)(H,31,37)(H,34,38). The van der Waals surface area contributed by atoms with Crippen molar-refractivity contribution in [1.82, 2.24) is 20.6 Å². The van der Waals surface area contributed by atoms with E-state index < -0.39 is 0 Å². The second kappa shape index (κ2) is 11.9. The lowest BCUT2D eigenvalue weighted by atomic mass is 9.97. The zero-order valence-electron chi connectivity index (χ0n) is 21.2. The van der Waals surface area contributed by atoms with Gasteiger partial charge in [-0.15, -0.1) is 0 Å². The zero-order valence-corrected chi connectivity index (χ0v) is 21.2. The summed E-state index contributed by atoms with van der Waals surface area (Å²) in [5.41, 5.74) is 3.07. The first-order chi connectivity index (χ1) is 18.6. The molecule has 1 atom stereocenters. The summed E-state index contributed by atoms with van der Waals surface area (Å²) in [7, 11) is 0. The highest BCUT2D eigenvalue weighted by Crippen LogP contribution is 2.30. The maximum Gasteiger partial charge on any atom is 0.251 e. The zero-order chi connectivity index (χ0) is 26.3. The Labute approximate surface area is 222 Å². The molecule has 0 spiro atoms. The summed E-state index contributed by atoms with van der Waals surface area (Å²) < 4.78 is 0. The van der Waals surface area contributed by atoms with Crippen molar-refractivity contribution in [2.45, 2.75) is 25.7 Å². The first-order valence-electron chi connectivity index (χ1n) is 13.2. The van der Waals surface area contributed by atoms with Crippen LogP contribution in [0.2, 0.25) is 0 Å². The predicted molar refractivity (Wildman–Crippen MR) is 146 cm³/mol. The van der Waals surface area contributed by atoms with Gasteiger partial charge in [0.15, 0.2) is 0 Å². The number of aromatic nitrogens is 2. The van der Waals surface area contributed by atoms with E-state index in [2.05, 4.69) is 30.8 Å². The molecule has 0 bridgehead atoms. The van der Waals surface area contributed by atoms with Crippen molar-refractivity contribution in [1.29, 1.82) is 0 Å². The molecule has 3 N–H and O–H groups in total. The van der Waals surface area contributed by atoms with E-state index in [9.17, 15) is 14.4 Å². The fourth-order valence-corrected chi connectivity index (χ4v) is 4.59. The lowest BCUT2D eigenvalue weighted by Gasteiger charge is -2.33. The maximum absolute atomic E-state index is 12.8. The van der Waals surface area contributed by atoms with Crippen molar-refractivity contribution >= 4 is 29.2 Å². The third-order valence-corrected chi connectivity index (χ3v) is 6.91. The summed E-state index contributed by atoms with van der Waals surface area (Å²) in [6, 6.07) is 18.8.